The molecule has 0 unspecified atom stereocenters. The summed E-state index contributed by atoms with van der Waals surface area (Å²) in [5.41, 5.74) is 4.94. The molecule has 0 spiro atoms. The zero-order valence-electron chi connectivity index (χ0n) is 13.8. The zero-order chi connectivity index (χ0) is 16.2. The van der Waals surface area contributed by atoms with Crippen molar-refractivity contribution >= 4 is 17.3 Å². The summed E-state index contributed by atoms with van der Waals surface area (Å²) in [6.45, 7) is 5.86. The Kier molecular flexibility index (Phi) is 4.60. The Hall–Kier alpha value is -2.36. The first kappa shape index (κ1) is 15.5. The number of piperidine rings is 1. The first-order valence-electron chi connectivity index (χ1n) is 8.21. The summed E-state index contributed by atoms with van der Waals surface area (Å²) >= 11 is 0. The van der Waals surface area contributed by atoms with Gasteiger partial charge in [-0.2, -0.15) is 0 Å². The van der Waals surface area contributed by atoms with Gasteiger partial charge in [-0.15, -0.1) is 0 Å². The van der Waals surface area contributed by atoms with Crippen molar-refractivity contribution in [3.05, 3.63) is 53.3 Å². The first-order valence-corrected chi connectivity index (χ1v) is 8.21. The van der Waals surface area contributed by atoms with Crippen LogP contribution in [-0.2, 0) is 0 Å². The summed E-state index contributed by atoms with van der Waals surface area (Å²) in [7, 11) is 0. The van der Waals surface area contributed by atoms with Gasteiger partial charge in [0.15, 0.2) is 0 Å². The summed E-state index contributed by atoms with van der Waals surface area (Å²) in [4.78, 5) is 18.7. The molecular weight excluding hydrogens is 286 g/mol. The van der Waals surface area contributed by atoms with Gasteiger partial charge in [-0.1, -0.05) is 6.07 Å². The molecule has 1 N–H and O–H groups in total. The molecule has 1 fully saturated rings. The van der Waals surface area contributed by atoms with E-state index >= 15 is 0 Å². The lowest BCUT2D eigenvalue weighted by molar-refractivity contribution is 0.0724. The fourth-order valence-corrected chi connectivity index (χ4v) is 3.12. The SMILES string of the molecule is Cc1cc(C)cc(Nc2cncc(C(=O)N3CCCCC3)c2)c1. The number of hydrogen-bond acceptors (Lipinski definition) is 3. The molecule has 23 heavy (non-hydrogen) atoms. The molecule has 0 atom stereocenters. The van der Waals surface area contributed by atoms with Gasteiger partial charge >= 0.3 is 0 Å². The largest absolute Gasteiger partial charge is 0.354 e. The third-order valence-corrected chi connectivity index (χ3v) is 4.14. The minimum atomic E-state index is 0.0845. The fourth-order valence-electron chi connectivity index (χ4n) is 3.12. The fraction of sp³-hybridized carbons (Fsp3) is 0.368. The number of hydrogen-bond donors (Lipinski definition) is 1. The Morgan fingerprint density at radius 1 is 0.957 bits per heavy atom. The van der Waals surface area contributed by atoms with Crippen LogP contribution in [0.1, 0.15) is 40.7 Å². The quantitative estimate of drug-likeness (QED) is 0.929. The number of rotatable bonds is 3. The number of aromatic nitrogens is 1. The van der Waals surface area contributed by atoms with Gasteiger partial charge in [-0.3, -0.25) is 9.78 Å². The van der Waals surface area contributed by atoms with Crippen LogP contribution in [0.4, 0.5) is 11.4 Å². The van der Waals surface area contributed by atoms with E-state index in [0.717, 1.165) is 37.3 Å². The lowest BCUT2D eigenvalue weighted by atomic mass is 10.1. The smallest absolute Gasteiger partial charge is 0.255 e. The van der Waals surface area contributed by atoms with Gasteiger partial charge in [0, 0.05) is 25.0 Å². The third-order valence-electron chi connectivity index (χ3n) is 4.14. The first-order chi connectivity index (χ1) is 11.1. The Balaban J connectivity index is 1.77. The summed E-state index contributed by atoms with van der Waals surface area (Å²) in [6.07, 6.45) is 6.82. The molecule has 0 aliphatic carbocycles. The molecule has 1 aromatic carbocycles. The highest BCUT2D eigenvalue weighted by Crippen LogP contribution is 2.21. The predicted octanol–water partition coefficient (Wildman–Crippen LogP) is 4.07. The molecule has 120 valence electrons. The van der Waals surface area contributed by atoms with Crippen LogP contribution in [0.2, 0.25) is 0 Å². The Labute approximate surface area is 137 Å². The average Bonchev–Trinajstić information content (AvgIpc) is 2.54. The maximum atomic E-state index is 12.6. The molecule has 4 heteroatoms. The normalized spacial score (nSPS) is 14.6. The molecule has 0 saturated carbocycles. The second kappa shape index (κ2) is 6.82. The lowest BCUT2D eigenvalue weighted by Crippen LogP contribution is -2.35. The molecule has 2 heterocycles. The van der Waals surface area contributed by atoms with E-state index in [-0.39, 0.29) is 5.91 Å². The van der Waals surface area contributed by atoms with Crippen LogP contribution in [0.5, 0.6) is 0 Å². The van der Waals surface area contributed by atoms with Crippen LogP contribution in [0, 0.1) is 13.8 Å². The standard InChI is InChI=1S/C19H23N3O/c1-14-8-15(2)10-17(9-14)21-18-11-16(12-20-13-18)19(23)22-6-4-3-5-7-22/h8-13,21H,3-7H2,1-2H3. The molecule has 1 amide bonds. The van der Waals surface area contributed by atoms with Crippen LogP contribution in [-0.4, -0.2) is 28.9 Å². The van der Waals surface area contributed by atoms with Crippen molar-refractivity contribution in [3.63, 3.8) is 0 Å². The number of benzene rings is 1. The highest BCUT2D eigenvalue weighted by molar-refractivity contribution is 5.95. The van der Waals surface area contributed by atoms with E-state index in [2.05, 4.69) is 42.3 Å². The van der Waals surface area contributed by atoms with Crippen molar-refractivity contribution in [2.45, 2.75) is 33.1 Å². The van der Waals surface area contributed by atoms with Gasteiger partial charge in [0.05, 0.1) is 17.4 Å². The number of carbonyl (C=O) groups is 1. The van der Waals surface area contributed by atoms with Gasteiger partial charge in [-0.25, -0.2) is 0 Å². The van der Waals surface area contributed by atoms with Gasteiger partial charge in [0.2, 0.25) is 0 Å². The van der Waals surface area contributed by atoms with Crippen LogP contribution in [0.15, 0.2) is 36.7 Å². The molecule has 0 radical (unpaired) electrons. The third kappa shape index (κ3) is 3.89. The monoisotopic (exact) mass is 309 g/mol. The molecule has 2 aromatic rings. The number of carbonyl (C=O) groups excluding carboxylic acids is 1. The van der Waals surface area contributed by atoms with Gasteiger partial charge in [-0.05, 0) is 62.4 Å². The number of aryl methyl sites for hydroxylation is 2. The molecule has 1 aliphatic heterocycles. The second-order valence-electron chi connectivity index (χ2n) is 6.32. The van der Waals surface area contributed by atoms with E-state index in [0.29, 0.717) is 5.56 Å². The van der Waals surface area contributed by atoms with Crippen molar-refractivity contribution in [2.24, 2.45) is 0 Å². The Bertz CT molecular complexity index is 685. The van der Waals surface area contributed by atoms with Crippen molar-refractivity contribution < 1.29 is 4.79 Å². The van der Waals surface area contributed by atoms with Gasteiger partial charge in [0.25, 0.3) is 5.91 Å². The number of amides is 1. The van der Waals surface area contributed by atoms with Crippen molar-refractivity contribution in [1.29, 1.82) is 0 Å². The molecule has 4 nitrogen and oxygen atoms in total. The topological polar surface area (TPSA) is 45.2 Å². The van der Waals surface area contributed by atoms with Crippen LogP contribution in [0.25, 0.3) is 0 Å². The number of anilines is 2. The minimum absolute atomic E-state index is 0.0845. The number of pyridine rings is 1. The average molecular weight is 309 g/mol. The number of nitrogens with one attached hydrogen (secondary N) is 1. The molecule has 3 rings (SSSR count). The van der Waals surface area contributed by atoms with Crippen LogP contribution < -0.4 is 5.32 Å². The van der Waals surface area contributed by atoms with E-state index in [1.165, 1.54) is 17.5 Å². The molecule has 1 aromatic heterocycles. The van der Waals surface area contributed by atoms with Crippen molar-refractivity contribution in [1.82, 2.24) is 9.88 Å². The van der Waals surface area contributed by atoms with E-state index < -0.39 is 0 Å². The summed E-state index contributed by atoms with van der Waals surface area (Å²) in [5, 5.41) is 3.35. The van der Waals surface area contributed by atoms with E-state index in [1.54, 1.807) is 12.4 Å². The van der Waals surface area contributed by atoms with Crippen molar-refractivity contribution in [2.75, 3.05) is 18.4 Å². The zero-order valence-corrected chi connectivity index (χ0v) is 13.8. The van der Waals surface area contributed by atoms with E-state index in [9.17, 15) is 4.79 Å². The van der Waals surface area contributed by atoms with E-state index in [4.69, 9.17) is 0 Å². The van der Waals surface area contributed by atoms with Gasteiger partial charge < -0.3 is 10.2 Å². The summed E-state index contributed by atoms with van der Waals surface area (Å²) < 4.78 is 0. The predicted molar refractivity (Wildman–Crippen MR) is 93.2 cm³/mol. The maximum absolute atomic E-state index is 12.6. The molecule has 1 aliphatic rings. The molecule has 0 bridgehead atoms. The second-order valence-corrected chi connectivity index (χ2v) is 6.32. The molecule has 1 saturated heterocycles. The molecular formula is C19H23N3O. The Morgan fingerprint density at radius 2 is 1.65 bits per heavy atom. The van der Waals surface area contributed by atoms with Crippen LogP contribution in [0.3, 0.4) is 0 Å². The lowest BCUT2D eigenvalue weighted by Gasteiger charge is -2.26. The Morgan fingerprint density at radius 3 is 2.35 bits per heavy atom. The highest BCUT2D eigenvalue weighted by Gasteiger charge is 2.18. The highest BCUT2D eigenvalue weighted by atomic mass is 16.2. The summed E-state index contributed by atoms with van der Waals surface area (Å²) in [5.74, 6) is 0.0845. The number of nitrogens with zero attached hydrogens (tertiary/aromatic N) is 2. The van der Waals surface area contributed by atoms with E-state index in [1.807, 2.05) is 11.0 Å². The summed E-state index contributed by atoms with van der Waals surface area (Å²) in [6, 6.07) is 8.21. The van der Waals surface area contributed by atoms with Crippen LogP contribution >= 0.6 is 0 Å². The van der Waals surface area contributed by atoms with Crippen molar-refractivity contribution in [3.8, 4) is 0 Å². The number of likely N-dealkylation sites (tertiary alicyclic amines) is 1. The minimum Gasteiger partial charge on any atom is -0.354 e. The van der Waals surface area contributed by atoms with Gasteiger partial charge in [0.1, 0.15) is 0 Å². The maximum Gasteiger partial charge on any atom is 0.255 e.